The Morgan fingerprint density at radius 2 is 1.86 bits per heavy atom. The second-order valence-corrected chi connectivity index (χ2v) is 2.99. The van der Waals surface area contributed by atoms with E-state index in [0.717, 1.165) is 5.56 Å². The van der Waals surface area contributed by atoms with Gasteiger partial charge in [-0.25, -0.2) is 0 Å². The van der Waals surface area contributed by atoms with Crippen LogP contribution < -0.4 is 0 Å². The van der Waals surface area contributed by atoms with Crippen LogP contribution in [0.4, 0.5) is 0 Å². The fraction of sp³-hybridized carbons (Fsp3) is 0.273. The molecule has 0 spiro atoms. The van der Waals surface area contributed by atoms with E-state index < -0.39 is 0 Å². The van der Waals surface area contributed by atoms with Crippen LogP contribution in [0.3, 0.4) is 0 Å². The molecule has 3 nitrogen and oxygen atoms in total. The Morgan fingerprint density at radius 3 is 2.43 bits per heavy atom. The van der Waals surface area contributed by atoms with Crippen molar-refractivity contribution in [3.63, 3.8) is 0 Å². The van der Waals surface area contributed by atoms with E-state index in [1.807, 2.05) is 6.07 Å². The summed E-state index contributed by atoms with van der Waals surface area (Å²) in [5.74, 6) is -0.365. The zero-order chi connectivity index (χ0) is 10.6. The molecule has 14 heavy (non-hydrogen) atoms. The van der Waals surface area contributed by atoms with Gasteiger partial charge in [0.15, 0.2) is 5.78 Å². The van der Waals surface area contributed by atoms with Gasteiger partial charge in [0.2, 0.25) is 0 Å². The molecule has 1 rings (SSSR count). The van der Waals surface area contributed by atoms with E-state index >= 15 is 0 Å². The topological polar surface area (TPSA) is 43.4 Å². The zero-order valence-corrected chi connectivity index (χ0v) is 8.24. The number of benzene rings is 1. The van der Waals surface area contributed by atoms with Gasteiger partial charge in [0.1, 0.15) is 6.61 Å². The molecule has 0 bridgehead atoms. The van der Waals surface area contributed by atoms with E-state index in [-0.39, 0.29) is 18.4 Å². The summed E-state index contributed by atoms with van der Waals surface area (Å²) in [4.78, 5) is 21.8. The summed E-state index contributed by atoms with van der Waals surface area (Å²) in [6.45, 7) is 2.99. The Kier molecular flexibility index (Phi) is 3.40. The standard InChI is InChI=1S/C11H12O3/c1-8(12)11-6-4-3-5-10(11)7-14-9(2)13/h3-6H,7H2,1-2H3. The first-order valence-corrected chi connectivity index (χ1v) is 4.33. The molecule has 3 heteroatoms. The van der Waals surface area contributed by atoms with E-state index in [1.54, 1.807) is 18.2 Å². The summed E-state index contributed by atoms with van der Waals surface area (Å²) in [5.41, 5.74) is 1.35. The summed E-state index contributed by atoms with van der Waals surface area (Å²) in [6.07, 6.45) is 0. The van der Waals surface area contributed by atoms with Crippen LogP contribution in [0, 0.1) is 0 Å². The number of ketones is 1. The lowest BCUT2D eigenvalue weighted by molar-refractivity contribution is -0.142. The van der Waals surface area contributed by atoms with Gasteiger partial charge in [0.05, 0.1) is 0 Å². The molecule has 1 aromatic rings. The van der Waals surface area contributed by atoms with Crippen molar-refractivity contribution in [2.24, 2.45) is 0 Å². The first-order chi connectivity index (χ1) is 6.61. The third-order valence-corrected chi connectivity index (χ3v) is 1.83. The van der Waals surface area contributed by atoms with Gasteiger partial charge in [-0.3, -0.25) is 9.59 Å². The van der Waals surface area contributed by atoms with Crippen molar-refractivity contribution in [2.75, 3.05) is 0 Å². The maximum Gasteiger partial charge on any atom is 0.302 e. The van der Waals surface area contributed by atoms with Gasteiger partial charge < -0.3 is 4.74 Å². The molecule has 0 aromatic heterocycles. The predicted molar refractivity (Wildman–Crippen MR) is 51.9 cm³/mol. The van der Waals surface area contributed by atoms with Crippen LogP contribution in [0.1, 0.15) is 29.8 Å². The number of hydrogen-bond donors (Lipinski definition) is 0. The summed E-state index contributed by atoms with van der Waals surface area (Å²) >= 11 is 0. The molecule has 0 aliphatic heterocycles. The smallest absolute Gasteiger partial charge is 0.302 e. The Hall–Kier alpha value is -1.64. The number of esters is 1. The maximum absolute atomic E-state index is 11.2. The van der Waals surface area contributed by atoms with Crippen LogP contribution in [0.5, 0.6) is 0 Å². The normalized spacial score (nSPS) is 9.57. The molecule has 0 N–H and O–H groups in total. The minimum Gasteiger partial charge on any atom is -0.461 e. The highest BCUT2D eigenvalue weighted by Crippen LogP contribution is 2.10. The quantitative estimate of drug-likeness (QED) is 0.543. The fourth-order valence-corrected chi connectivity index (χ4v) is 1.17. The Morgan fingerprint density at radius 1 is 1.21 bits per heavy atom. The molecule has 0 fully saturated rings. The average Bonchev–Trinajstić information content (AvgIpc) is 2.15. The van der Waals surface area contributed by atoms with Gasteiger partial charge in [-0.1, -0.05) is 24.3 Å². The van der Waals surface area contributed by atoms with Gasteiger partial charge in [0.25, 0.3) is 0 Å². The molecule has 1 aromatic carbocycles. The minimum absolute atomic E-state index is 0.0206. The van der Waals surface area contributed by atoms with Crippen LogP contribution >= 0.6 is 0 Å². The highest BCUT2D eigenvalue weighted by Gasteiger charge is 2.06. The van der Waals surface area contributed by atoms with Gasteiger partial charge in [-0.2, -0.15) is 0 Å². The molecule has 0 atom stereocenters. The first kappa shape index (κ1) is 10.4. The second-order valence-electron chi connectivity index (χ2n) is 2.99. The number of rotatable bonds is 3. The molecule has 0 saturated carbocycles. The molecule has 0 aliphatic rings. The van der Waals surface area contributed by atoms with Gasteiger partial charge >= 0.3 is 5.97 Å². The van der Waals surface area contributed by atoms with Crippen molar-refractivity contribution in [3.8, 4) is 0 Å². The number of Topliss-reactive ketones (excluding diaryl/α,β-unsaturated/α-hetero) is 1. The van der Waals surface area contributed by atoms with Crippen LogP contribution in [0.15, 0.2) is 24.3 Å². The molecule has 0 aliphatic carbocycles. The van der Waals surface area contributed by atoms with Gasteiger partial charge in [0, 0.05) is 18.1 Å². The monoisotopic (exact) mass is 192 g/mol. The maximum atomic E-state index is 11.2. The Labute approximate surface area is 82.7 Å². The number of carbonyl (C=O) groups is 2. The van der Waals surface area contributed by atoms with Gasteiger partial charge in [-0.05, 0) is 6.92 Å². The molecular formula is C11H12O3. The minimum atomic E-state index is -0.344. The van der Waals surface area contributed by atoms with Crippen molar-refractivity contribution in [1.82, 2.24) is 0 Å². The third-order valence-electron chi connectivity index (χ3n) is 1.83. The summed E-state index contributed by atoms with van der Waals surface area (Å²) in [7, 11) is 0. The highest BCUT2D eigenvalue weighted by atomic mass is 16.5. The van der Waals surface area contributed by atoms with Gasteiger partial charge in [-0.15, -0.1) is 0 Å². The van der Waals surface area contributed by atoms with E-state index in [4.69, 9.17) is 4.74 Å². The second kappa shape index (κ2) is 4.56. The summed E-state index contributed by atoms with van der Waals surface area (Å²) in [5, 5.41) is 0. The van der Waals surface area contributed by atoms with E-state index in [1.165, 1.54) is 13.8 Å². The lowest BCUT2D eigenvalue weighted by Crippen LogP contribution is -2.04. The van der Waals surface area contributed by atoms with Crippen molar-refractivity contribution in [1.29, 1.82) is 0 Å². The molecule has 0 radical (unpaired) electrons. The number of ether oxygens (including phenoxy) is 1. The van der Waals surface area contributed by atoms with E-state index in [0.29, 0.717) is 5.56 Å². The molecule has 0 saturated heterocycles. The molecular weight excluding hydrogens is 180 g/mol. The highest BCUT2D eigenvalue weighted by molar-refractivity contribution is 5.95. The number of hydrogen-bond acceptors (Lipinski definition) is 3. The van der Waals surface area contributed by atoms with Crippen molar-refractivity contribution >= 4 is 11.8 Å². The lowest BCUT2D eigenvalue weighted by atomic mass is 10.1. The summed E-state index contributed by atoms with van der Waals surface area (Å²) < 4.78 is 4.83. The fourth-order valence-electron chi connectivity index (χ4n) is 1.17. The number of carbonyl (C=O) groups excluding carboxylic acids is 2. The van der Waals surface area contributed by atoms with Crippen LogP contribution in [-0.2, 0) is 16.1 Å². The van der Waals surface area contributed by atoms with Crippen molar-refractivity contribution in [3.05, 3.63) is 35.4 Å². The molecule has 0 heterocycles. The van der Waals surface area contributed by atoms with Crippen molar-refractivity contribution < 1.29 is 14.3 Å². The average molecular weight is 192 g/mol. The largest absolute Gasteiger partial charge is 0.461 e. The predicted octanol–water partition coefficient (Wildman–Crippen LogP) is 1.95. The first-order valence-electron chi connectivity index (χ1n) is 4.33. The van der Waals surface area contributed by atoms with Crippen LogP contribution in [0.2, 0.25) is 0 Å². The molecule has 74 valence electrons. The summed E-state index contributed by atoms with van der Waals surface area (Å²) in [6, 6.07) is 7.10. The van der Waals surface area contributed by atoms with Crippen LogP contribution in [-0.4, -0.2) is 11.8 Å². The SMILES string of the molecule is CC(=O)OCc1ccccc1C(C)=O. The molecule has 0 unspecified atom stereocenters. The van der Waals surface area contributed by atoms with E-state index in [9.17, 15) is 9.59 Å². The molecule has 0 amide bonds. The zero-order valence-electron chi connectivity index (χ0n) is 8.24. The van der Waals surface area contributed by atoms with Crippen LogP contribution in [0.25, 0.3) is 0 Å². The Balaban J connectivity index is 2.84. The Bertz CT molecular complexity index is 355. The van der Waals surface area contributed by atoms with Crippen molar-refractivity contribution in [2.45, 2.75) is 20.5 Å². The van der Waals surface area contributed by atoms with E-state index in [2.05, 4.69) is 0 Å². The third kappa shape index (κ3) is 2.69. The lowest BCUT2D eigenvalue weighted by Gasteiger charge is -2.06.